The zero-order chi connectivity index (χ0) is 19.7. The highest BCUT2D eigenvalue weighted by atomic mass is 16.5. The van der Waals surface area contributed by atoms with Crippen LogP contribution in [0.5, 0.6) is 0 Å². The molecule has 148 valence electrons. The molecule has 0 radical (unpaired) electrons. The van der Waals surface area contributed by atoms with Gasteiger partial charge in [-0.3, -0.25) is 14.6 Å². The van der Waals surface area contributed by atoms with Crippen molar-refractivity contribution in [1.29, 1.82) is 0 Å². The highest BCUT2D eigenvalue weighted by molar-refractivity contribution is 5.86. The monoisotopic (exact) mass is 383 g/mol. The van der Waals surface area contributed by atoms with Gasteiger partial charge in [0.1, 0.15) is 6.61 Å². The molecule has 0 bridgehead atoms. The van der Waals surface area contributed by atoms with Crippen molar-refractivity contribution in [3.63, 3.8) is 0 Å². The number of imidazole rings is 1. The average Bonchev–Trinajstić information content (AvgIpc) is 3.50. The van der Waals surface area contributed by atoms with Gasteiger partial charge in [-0.1, -0.05) is 6.07 Å². The Hall–Kier alpha value is -2.74. The number of hydrogen-bond acceptors (Lipinski definition) is 5. The van der Waals surface area contributed by atoms with Crippen LogP contribution in [0.4, 0.5) is 0 Å². The van der Waals surface area contributed by atoms with Gasteiger partial charge in [-0.15, -0.1) is 0 Å². The summed E-state index contributed by atoms with van der Waals surface area (Å²) in [6.07, 6.45) is 6.36. The molecule has 2 aliphatic rings. The number of morpholine rings is 1. The topological polar surface area (TPSA) is 89.3 Å². The van der Waals surface area contributed by atoms with E-state index in [1.54, 1.807) is 18.7 Å². The summed E-state index contributed by atoms with van der Waals surface area (Å²) in [6.45, 7) is 5.00. The molecule has 1 saturated heterocycles. The zero-order valence-corrected chi connectivity index (χ0v) is 16.2. The number of hydrogen-bond donors (Lipinski definition) is 1. The summed E-state index contributed by atoms with van der Waals surface area (Å²) in [5.41, 5.74) is 2.89. The van der Waals surface area contributed by atoms with E-state index in [1.807, 2.05) is 35.4 Å². The van der Waals surface area contributed by atoms with Crippen molar-refractivity contribution >= 4 is 11.8 Å². The Bertz CT molecular complexity index is 862. The van der Waals surface area contributed by atoms with Crippen LogP contribution in [0.2, 0.25) is 0 Å². The third kappa shape index (κ3) is 3.64. The first-order valence-electron chi connectivity index (χ1n) is 9.65. The number of pyridine rings is 1. The van der Waals surface area contributed by atoms with Gasteiger partial charge in [0, 0.05) is 37.2 Å². The Morgan fingerprint density at radius 1 is 1.36 bits per heavy atom. The number of nitrogens with zero attached hydrogens (tertiary/aromatic N) is 4. The van der Waals surface area contributed by atoms with Crippen molar-refractivity contribution in [2.45, 2.75) is 51.4 Å². The SMILES string of the molecule is Cc1ncn(CCNC(=O)[C@H]2OCC(=O)N(C3CC3)[C@@H]2c2cccnc2)c1C. The lowest BCUT2D eigenvalue weighted by Crippen LogP contribution is -2.55. The number of carbonyl (C=O) groups is 2. The van der Waals surface area contributed by atoms with E-state index in [9.17, 15) is 9.59 Å². The van der Waals surface area contributed by atoms with Crippen LogP contribution in [0.3, 0.4) is 0 Å². The van der Waals surface area contributed by atoms with E-state index < -0.39 is 12.1 Å². The van der Waals surface area contributed by atoms with Crippen LogP contribution in [0, 0.1) is 13.8 Å². The largest absolute Gasteiger partial charge is 0.356 e. The maximum absolute atomic E-state index is 12.9. The van der Waals surface area contributed by atoms with E-state index in [1.165, 1.54) is 0 Å². The molecule has 1 aliphatic carbocycles. The zero-order valence-electron chi connectivity index (χ0n) is 16.2. The molecule has 2 amide bonds. The Labute approximate surface area is 163 Å². The van der Waals surface area contributed by atoms with E-state index in [2.05, 4.69) is 15.3 Å². The summed E-state index contributed by atoms with van der Waals surface area (Å²) in [5, 5.41) is 2.96. The minimum atomic E-state index is -0.742. The molecule has 2 fully saturated rings. The van der Waals surface area contributed by atoms with E-state index in [4.69, 9.17) is 4.74 Å². The number of ether oxygens (including phenoxy) is 1. The molecule has 4 rings (SSSR count). The summed E-state index contributed by atoms with van der Waals surface area (Å²) in [6, 6.07) is 3.46. The van der Waals surface area contributed by atoms with Crippen molar-refractivity contribution < 1.29 is 14.3 Å². The Morgan fingerprint density at radius 2 is 2.18 bits per heavy atom. The Morgan fingerprint density at radius 3 is 2.82 bits per heavy atom. The molecule has 1 aliphatic heterocycles. The molecule has 2 aromatic heterocycles. The summed E-state index contributed by atoms with van der Waals surface area (Å²) < 4.78 is 7.72. The Balaban J connectivity index is 1.48. The lowest BCUT2D eigenvalue weighted by atomic mass is 9.98. The molecule has 1 saturated carbocycles. The number of rotatable bonds is 6. The molecular formula is C20H25N5O3. The molecule has 1 N–H and O–H groups in total. The average molecular weight is 383 g/mol. The molecule has 0 aromatic carbocycles. The maximum Gasteiger partial charge on any atom is 0.251 e. The minimum absolute atomic E-state index is 0.0643. The lowest BCUT2D eigenvalue weighted by Gasteiger charge is -2.40. The van der Waals surface area contributed by atoms with E-state index in [-0.39, 0.29) is 24.5 Å². The van der Waals surface area contributed by atoms with Crippen LogP contribution < -0.4 is 5.32 Å². The van der Waals surface area contributed by atoms with Crippen LogP contribution in [0.15, 0.2) is 30.9 Å². The van der Waals surface area contributed by atoms with Crippen molar-refractivity contribution in [2.75, 3.05) is 13.2 Å². The smallest absolute Gasteiger partial charge is 0.251 e. The van der Waals surface area contributed by atoms with Gasteiger partial charge in [0.2, 0.25) is 5.91 Å². The first kappa shape index (κ1) is 18.6. The van der Waals surface area contributed by atoms with Gasteiger partial charge in [-0.05, 0) is 38.3 Å². The fourth-order valence-corrected chi connectivity index (χ4v) is 3.69. The number of aromatic nitrogens is 3. The fraction of sp³-hybridized carbons (Fsp3) is 0.500. The number of amides is 2. The summed E-state index contributed by atoms with van der Waals surface area (Å²) in [5.74, 6) is -0.272. The molecule has 8 nitrogen and oxygen atoms in total. The second kappa shape index (κ2) is 7.71. The molecular weight excluding hydrogens is 358 g/mol. The normalized spacial score (nSPS) is 22.4. The molecule has 2 aromatic rings. The fourth-order valence-electron chi connectivity index (χ4n) is 3.69. The third-order valence-corrected chi connectivity index (χ3v) is 5.48. The summed E-state index contributed by atoms with van der Waals surface area (Å²) >= 11 is 0. The number of aryl methyl sites for hydroxylation is 1. The summed E-state index contributed by atoms with van der Waals surface area (Å²) in [4.78, 5) is 35.7. The van der Waals surface area contributed by atoms with Crippen LogP contribution in [-0.4, -0.2) is 56.5 Å². The maximum atomic E-state index is 12.9. The quantitative estimate of drug-likeness (QED) is 0.808. The molecule has 2 atom stereocenters. The van der Waals surface area contributed by atoms with Crippen LogP contribution in [0.1, 0.15) is 35.8 Å². The third-order valence-electron chi connectivity index (χ3n) is 5.48. The summed E-state index contributed by atoms with van der Waals surface area (Å²) in [7, 11) is 0. The first-order valence-corrected chi connectivity index (χ1v) is 9.65. The lowest BCUT2D eigenvalue weighted by molar-refractivity contribution is -0.165. The van der Waals surface area contributed by atoms with E-state index in [0.717, 1.165) is 29.8 Å². The molecule has 3 heterocycles. The van der Waals surface area contributed by atoms with Crippen molar-refractivity contribution in [3.8, 4) is 0 Å². The predicted octanol–water partition coefficient (Wildman–Crippen LogP) is 1.14. The van der Waals surface area contributed by atoms with Crippen molar-refractivity contribution in [3.05, 3.63) is 47.8 Å². The second-order valence-corrected chi connectivity index (χ2v) is 7.39. The Kier molecular flexibility index (Phi) is 5.13. The standard InChI is InChI=1S/C20H25N5O3/c1-13-14(2)24(12-23-13)9-8-22-20(27)19-18(15-4-3-7-21-10-15)25(16-5-6-16)17(26)11-28-19/h3-4,7,10,12,16,18-19H,5-6,8-9,11H2,1-2H3,(H,22,27)/t18-,19+/m1/s1. The second-order valence-electron chi connectivity index (χ2n) is 7.39. The van der Waals surface area contributed by atoms with Gasteiger partial charge in [0.15, 0.2) is 6.10 Å². The van der Waals surface area contributed by atoms with Crippen LogP contribution >= 0.6 is 0 Å². The van der Waals surface area contributed by atoms with Crippen molar-refractivity contribution in [1.82, 2.24) is 24.8 Å². The van der Waals surface area contributed by atoms with Gasteiger partial charge in [0.05, 0.1) is 18.1 Å². The van der Waals surface area contributed by atoms with E-state index >= 15 is 0 Å². The van der Waals surface area contributed by atoms with Crippen LogP contribution in [-0.2, 0) is 20.9 Å². The highest BCUT2D eigenvalue weighted by Crippen LogP contribution is 2.39. The van der Waals surface area contributed by atoms with Crippen molar-refractivity contribution in [2.24, 2.45) is 0 Å². The molecule has 8 heteroatoms. The first-order chi connectivity index (χ1) is 13.6. The number of nitrogens with one attached hydrogen (secondary N) is 1. The van der Waals surface area contributed by atoms with Crippen LogP contribution in [0.25, 0.3) is 0 Å². The highest BCUT2D eigenvalue weighted by Gasteiger charge is 2.47. The van der Waals surface area contributed by atoms with Gasteiger partial charge >= 0.3 is 0 Å². The number of carbonyl (C=O) groups excluding carboxylic acids is 2. The van der Waals surface area contributed by atoms with Gasteiger partial charge < -0.3 is 19.5 Å². The predicted molar refractivity (Wildman–Crippen MR) is 101 cm³/mol. The molecule has 0 spiro atoms. The molecule has 28 heavy (non-hydrogen) atoms. The van der Waals surface area contributed by atoms with Gasteiger partial charge in [-0.2, -0.15) is 0 Å². The molecule has 0 unspecified atom stereocenters. The van der Waals surface area contributed by atoms with Gasteiger partial charge in [-0.25, -0.2) is 4.98 Å². The van der Waals surface area contributed by atoms with Gasteiger partial charge in [0.25, 0.3) is 5.91 Å². The van der Waals surface area contributed by atoms with E-state index in [0.29, 0.717) is 13.1 Å². The minimum Gasteiger partial charge on any atom is -0.356 e.